The van der Waals surface area contributed by atoms with E-state index in [0.29, 0.717) is 18.9 Å². The molecule has 1 aliphatic heterocycles. The lowest BCUT2D eigenvalue weighted by Crippen LogP contribution is -2.47. The molecule has 2 amide bonds. The molecule has 3 fully saturated rings. The highest BCUT2D eigenvalue weighted by Crippen LogP contribution is 2.48. The molecule has 5 heteroatoms. The van der Waals surface area contributed by atoms with E-state index in [1.165, 1.54) is 12.8 Å². The summed E-state index contributed by atoms with van der Waals surface area (Å²) in [5, 5.41) is 2.91. The minimum atomic E-state index is -0.238. The summed E-state index contributed by atoms with van der Waals surface area (Å²) in [5.41, 5.74) is 0. The molecule has 2 aliphatic carbocycles. The monoisotopic (exact) mass is 268 g/mol. The molecule has 3 aliphatic rings. The van der Waals surface area contributed by atoms with E-state index >= 15 is 0 Å². The average Bonchev–Trinajstić information content (AvgIpc) is 3.23. The second kappa shape index (κ2) is 4.44. The Morgan fingerprint density at radius 2 is 2.11 bits per heavy atom. The third kappa shape index (κ3) is 2.37. The minimum Gasteiger partial charge on any atom is -0.344 e. The van der Waals surface area contributed by atoms with Crippen LogP contribution in [0.25, 0.3) is 0 Å². The van der Waals surface area contributed by atoms with Crippen LogP contribution in [0.1, 0.15) is 32.1 Å². The maximum atomic E-state index is 12.5. The zero-order valence-electron chi connectivity index (χ0n) is 10.8. The van der Waals surface area contributed by atoms with E-state index < -0.39 is 0 Å². The van der Waals surface area contributed by atoms with Gasteiger partial charge in [0.05, 0.1) is 0 Å². The van der Waals surface area contributed by atoms with Gasteiger partial charge in [-0.15, -0.1) is 0 Å². The highest BCUT2D eigenvalue weighted by molar-refractivity contribution is 8.00. The molecule has 0 aromatic carbocycles. The van der Waals surface area contributed by atoms with E-state index in [0.717, 1.165) is 19.4 Å². The van der Waals surface area contributed by atoms with Crippen molar-refractivity contribution in [1.82, 2.24) is 10.2 Å². The molecule has 0 bridgehead atoms. The number of nitrogens with zero attached hydrogens (tertiary/aromatic N) is 1. The van der Waals surface area contributed by atoms with Gasteiger partial charge in [-0.05, 0) is 37.9 Å². The predicted octanol–water partition coefficient (Wildman–Crippen LogP) is 1.01. The molecule has 0 radical (unpaired) electrons. The second-order valence-corrected chi connectivity index (χ2v) is 7.05. The van der Waals surface area contributed by atoms with E-state index in [2.05, 4.69) is 11.6 Å². The SMILES string of the molecule is CSC1(CN2CCC(=O)NC(C3CC3)C2=O)CC1. The van der Waals surface area contributed by atoms with Crippen LogP contribution in [0.4, 0.5) is 0 Å². The lowest BCUT2D eigenvalue weighted by atomic mass is 10.1. The number of hydrogen-bond donors (Lipinski definition) is 1. The highest BCUT2D eigenvalue weighted by Gasteiger charge is 2.47. The molecular formula is C13H20N2O2S. The number of carbonyl (C=O) groups excluding carboxylic acids is 2. The molecule has 0 aromatic rings. The van der Waals surface area contributed by atoms with Crippen molar-refractivity contribution in [1.29, 1.82) is 0 Å². The van der Waals surface area contributed by atoms with Gasteiger partial charge in [0.25, 0.3) is 0 Å². The summed E-state index contributed by atoms with van der Waals surface area (Å²) in [5.74, 6) is 0.590. The summed E-state index contributed by atoms with van der Waals surface area (Å²) in [7, 11) is 0. The van der Waals surface area contributed by atoms with Gasteiger partial charge in [0.2, 0.25) is 11.8 Å². The van der Waals surface area contributed by atoms with Crippen molar-refractivity contribution in [3.63, 3.8) is 0 Å². The summed E-state index contributed by atoms with van der Waals surface area (Å²) in [6.07, 6.45) is 7.15. The molecule has 4 nitrogen and oxygen atoms in total. The average molecular weight is 268 g/mol. The van der Waals surface area contributed by atoms with Crippen molar-refractivity contribution in [2.75, 3.05) is 19.3 Å². The first-order valence-corrected chi connectivity index (χ1v) is 7.99. The van der Waals surface area contributed by atoms with Gasteiger partial charge in [0, 0.05) is 24.3 Å². The predicted molar refractivity (Wildman–Crippen MR) is 71.3 cm³/mol. The summed E-state index contributed by atoms with van der Waals surface area (Å²) in [4.78, 5) is 26.1. The van der Waals surface area contributed by atoms with Crippen molar-refractivity contribution in [3.05, 3.63) is 0 Å². The summed E-state index contributed by atoms with van der Waals surface area (Å²) >= 11 is 1.87. The molecule has 100 valence electrons. The van der Waals surface area contributed by atoms with E-state index in [-0.39, 0.29) is 22.6 Å². The maximum Gasteiger partial charge on any atom is 0.245 e. The van der Waals surface area contributed by atoms with Crippen molar-refractivity contribution in [2.24, 2.45) is 5.92 Å². The number of nitrogens with one attached hydrogen (secondary N) is 1. The molecule has 3 rings (SSSR count). The molecule has 1 heterocycles. The number of rotatable bonds is 4. The van der Waals surface area contributed by atoms with Gasteiger partial charge in [0.1, 0.15) is 6.04 Å². The largest absolute Gasteiger partial charge is 0.344 e. The van der Waals surface area contributed by atoms with Crippen molar-refractivity contribution in [3.8, 4) is 0 Å². The van der Waals surface area contributed by atoms with Crippen LogP contribution in [0, 0.1) is 5.92 Å². The van der Waals surface area contributed by atoms with Crippen LogP contribution < -0.4 is 5.32 Å². The Balaban J connectivity index is 1.71. The van der Waals surface area contributed by atoms with Crippen molar-refractivity contribution in [2.45, 2.75) is 42.9 Å². The smallest absolute Gasteiger partial charge is 0.245 e. The minimum absolute atomic E-state index is 0.0387. The topological polar surface area (TPSA) is 49.4 Å². The lowest BCUT2D eigenvalue weighted by Gasteiger charge is -2.27. The van der Waals surface area contributed by atoms with E-state index in [9.17, 15) is 9.59 Å². The van der Waals surface area contributed by atoms with E-state index in [4.69, 9.17) is 0 Å². The third-order valence-electron chi connectivity index (χ3n) is 4.32. The van der Waals surface area contributed by atoms with Gasteiger partial charge < -0.3 is 10.2 Å². The summed E-state index contributed by atoms with van der Waals surface area (Å²) in [6, 6.07) is -0.238. The summed E-state index contributed by atoms with van der Waals surface area (Å²) in [6.45, 7) is 1.42. The van der Waals surface area contributed by atoms with Gasteiger partial charge in [-0.3, -0.25) is 9.59 Å². The first-order chi connectivity index (χ1) is 8.63. The van der Waals surface area contributed by atoms with Crippen LogP contribution in [0.2, 0.25) is 0 Å². The van der Waals surface area contributed by atoms with Crippen LogP contribution >= 0.6 is 11.8 Å². The zero-order valence-corrected chi connectivity index (χ0v) is 11.6. The Kier molecular flexibility index (Phi) is 3.04. The fourth-order valence-electron chi connectivity index (χ4n) is 2.67. The van der Waals surface area contributed by atoms with Gasteiger partial charge in [-0.1, -0.05) is 0 Å². The Labute approximate surface area is 112 Å². The maximum absolute atomic E-state index is 12.5. The molecule has 1 unspecified atom stereocenters. The second-order valence-electron chi connectivity index (χ2n) is 5.78. The molecule has 0 aromatic heterocycles. The molecule has 1 saturated heterocycles. The van der Waals surface area contributed by atoms with Gasteiger partial charge >= 0.3 is 0 Å². The first-order valence-electron chi connectivity index (χ1n) is 6.77. The Morgan fingerprint density at radius 3 is 2.67 bits per heavy atom. The molecular weight excluding hydrogens is 248 g/mol. The quantitative estimate of drug-likeness (QED) is 0.828. The normalized spacial score (nSPS) is 30.9. The third-order valence-corrected chi connectivity index (χ3v) is 5.72. The Morgan fingerprint density at radius 1 is 1.39 bits per heavy atom. The fraction of sp³-hybridized carbons (Fsp3) is 0.846. The fourth-order valence-corrected chi connectivity index (χ4v) is 3.47. The van der Waals surface area contributed by atoms with Crippen molar-refractivity contribution >= 4 is 23.6 Å². The number of amides is 2. The van der Waals surface area contributed by atoms with Crippen LogP contribution in [-0.2, 0) is 9.59 Å². The standard InChI is InChI=1S/C13H20N2O2S/c1-18-13(5-6-13)8-15-7-4-10(16)14-11(12(15)17)9-2-3-9/h9,11H,2-8H2,1H3,(H,14,16). The molecule has 2 saturated carbocycles. The Hall–Kier alpha value is -0.710. The van der Waals surface area contributed by atoms with E-state index in [1.54, 1.807) is 0 Å². The first kappa shape index (κ1) is 12.3. The number of hydrogen-bond acceptors (Lipinski definition) is 3. The summed E-state index contributed by atoms with van der Waals surface area (Å²) < 4.78 is 0.289. The van der Waals surface area contributed by atoms with Crippen LogP contribution in [0.15, 0.2) is 0 Å². The molecule has 1 N–H and O–H groups in total. The van der Waals surface area contributed by atoms with Gasteiger partial charge in [-0.25, -0.2) is 0 Å². The lowest BCUT2D eigenvalue weighted by molar-refractivity contribution is -0.134. The van der Waals surface area contributed by atoms with Crippen LogP contribution in [-0.4, -0.2) is 46.8 Å². The zero-order chi connectivity index (χ0) is 12.8. The van der Waals surface area contributed by atoms with Gasteiger partial charge in [-0.2, -0.15) is 11.8 Å². The highest BCUT2D eigenvalue weighted by atomic mass is 32.2. The van der Waals surface area contributed by atoms with Crippen molar-refractivity contribution < 1.29 is 9.59 Å². The van der Waals surface area contributed by atoms with Gasteiger partial charge in [0.15, 0.2) is 0 Å². The van der Waals surface area contributed by atoms with Crippen LogP contribution in [0.5, 0.6) is 0 Å². The molecule has 0 spiro atoms. The molecule has 1 atom stereocenters. The molecule has 18 heavy (non-hydrogen) atoms. The van der Waals surface area contributed by atoms with Crippen LogP contribution in [0.3, 0.4) is 0 Å². The Bertz CT molecular complexity index is 377. The number of carbonyl (C=O) groups is 2. The van der Waals surface area contributed by atoms with E-state index in [1.807, 2.05) is 16.7 Å². The number of thioether (sulfide) groups is 1.